The van der Waals surface area contributed by atoms with Gasteiger partial charge in [-0.1, -0.05) is 115 Å². The summed E-state index contributed by atoms with van der Waals surface area (Å²) >= 11 is 1.82. The van der Waals surface area contributed by atoms with Crippen LogP contribution >= 0.6 is 11.3 Å². The predicted octanol–water partition coefficient (Wildman–Crippen LogP) is 12.5. The second-order valence-corrected chi connectivity index (χ2v) is 14.3. The van der Waals surface area contributed by atoms with Crippen LogP contribution in [0, 0.1) is 6.92 Å². The third-order valence-corrected chi connectivity index (χ3v) is 11.4. The summed E-state index contributed by atoms with van der Waals surface area (Å²) in [6, 6.07) is 53.1. The highest BCUT2D eigenvalue weighted by Gasteiger charge is 2.22. The average molecular weight is 685 g/mol. The maximum Gasteiger partial charge on any atom is 0.238 e. The number of hydrogen-bond acceptors (Lipinski definition) is 5. The number of hydrogen-bond donors (Lipinski definition) is 0. The van der Waals surface area contributed by atoms with Crippen molar-refractivity contribution in [2.45, 2.75) is 6.92 Å². The van der Waals surface area contributed by atoms with Crippen LogP contribution in [0.4, 0.5) is 0 Å². The molecule has 0 N–H and O–H groups in total. The van der Waals surface area contributed by atoms with Gasteiger partial charge in [0.25, 0.3) is 0 Å². The van der Waals surface area contributed by atoms with E-state index in [0.717, 1.165) is 60.6 Å². The van der Waals surface area contributed by atoms with E-state index < -0.39 is 0 Å². The molecule has 5 nitrogen and oxygen atoms in total. The first-order valence-corrected chi connectivity index (χ1v) is 18.2. The minimum absolute atomic E-state index is 0.590. The first-order chi connectivity index (χ1) is 25.7. The topological polar surface area (TPSA) is 56.7 Å². The van der Waals surface area contributed by atoms with Crippen molar-refractivity contribution < 1.29 is 4.42 Å². The van der Waals surface area contributed by atoms with Gasteiger partial charge in [-0.25, -0.2) is 4.98 Å². The number of aryl methyl sites for hydroxylation is 1. The predicted molar refractivity (Wildman–Crippen MR) is 215 cm³/mol. The van der Waals surface area contributed by atoms with E-state index in [-0.39, 0.29) is 0 Å². The summed E-state index contributed by atoms with van der Waals surface area (Å²) in [6.07, 6.45) is 0. The largest absolute Gasteiger partial charge is 0.456 e. The highest BCUT2D eigenvalue weighted by molar-refractivity contribution is 7.26. The van der Waals surface area contributed by atoms with Crippen molar-refractivity contribution in [2.24, 2.45) is 0 Å². The fourth-order valence-corrected chi connectivity index (χ4v) is 8.99. The van der Waals surface area contributed by atoms with E-state index in [2.05, 4.69) is 121 Å². The molecule has 0 bridgehead atoms. The summed E-state index contributed by atoms with van der Waals surface area (Å²) in [6.45, 7) is 2.15. The van der Waals surface area contributed by atoms with Crippen LogP contribution in [0.2, 0.25) is 0 Å². The molecule has 0 fully saturated rings. The number of aromatic nitrogens is 4. The van der Waals surface area contributed by atoms with Crippen molar-refractivity contribution in [2.75, 3.05) is 0 Å². The third kappa shape index (κ3) is 4.38. The van der Waals surface area contributed by atoms with Crippen molar-refractivity contribution in [1.82, 2.24) is 19.5 Å². The number of rotatable bonds is 4. The molecule has 0 aliphatic rings. The lowest BCUT2D eigenvalue weighted by Gasteiger charge is -2.11. The Hall–Kier alpha value is -6.63. The van der Waals surface area contributed by atoms with E-state index in [0.29, 0.717) is 17.6 Å². The molecule has 0 aliphatic heterocycles. The van der Waals surface area contributed by atoms with Gasteiger partial charge in [0.2, 0.25) is 5.95 Å². The van der Waals surface area contributed by atoms with Gasteiger partial charge in [-0.15, -0.1) is 11.3 Å². The molecule has 244 valence electrons. The van der Waals surface area contributed by atoms with E-state index in [1.165, 1.54) is 31.1 Å². The second kappa shape index (κ2) is 11.2. The summed E-state index contributed by atoms with van der Waals surface area (Å²) in [5.41, 5.74) is 9.32. The molecule has 0 radical (unpaired) electrons. The minimum Gasteiger partial charge on any atom is -0.456 e. The van der Waals surface area contributed by atoms with E-state index in [9.17, 15) is 0 Å². The zero-order chi connectivity index (χ0) is 34.3. The molecular weight excluding hydrogens is 657 g/mol. The molecule has 0 atom stereocenters. The monoisotopic (exact) mass is 684 g/mol. The van der Waals surface area contributed by atoms with Crippen LogP contribution in [-0.2, 0) is 0 Å². The molecule has 4 aromatic heterocycles. The Kier molecular flexibility index (Phi) is 6.27. The van der Waals surface area contributed by atoms with Crippen LogP contribution in [-0.4, -0.2) is 19.5 Å². The van der Waals surface area contributed by atoms with Gasteiger partial charge in [-0.05, 0) is 60.0 Å². The van der Waals surface area contributed by atoms with Crippen molar-refractivity contribution in [3.63, 3.8) is 0 Å². The van der Waals surface area contributed by atoms with Crippen LogP contribution in [0.25, 0.3) is 104 Å². The molecule has 0 aliphatic carbocycles. The lowest BCUT2D eigenvalue weighted by molar-refractivity contribution is 0.669. The molecule has 11 aromatic rings. The first-order valence-electron chi connectivity index (χ1n) is 17.4. The van der Waals surface area contributed by atoms with Gasteiger partial charge in [0.15, 0.2) is 11.6 Å². The summed E-state index contributed by atoms with van der Waals surface area (Å²) in [5, 5.41) is 7.08. The maximum absolute atomic E-state index is 6.23. The quantitative estimate of drug-likeness (QED) is 0.185. The molecule has 7 aromatic carbocycles. The van der Waals surface area contributed by atoms with Crippen LogP contribution in [0.5, 0.6) is 0 Å². The summed E-state index contributed by atoms with van der Waals surface area (Å²) < 4.78 is 10.9. The number of nitrogens with zero attached hydrogens (tertiary/aromatic N) is 4. The highest BCUT2D eigenvalue weighted by Crippen LogP contribution is 2.44. The van der Waals surface area contributed by atoms with Gasteiger partial charge in [0.1, 0.15) is 11.2 Å². The van der Waals surface area contributed by atoms with Gasteiger partial charge in [-0.3, -0.25) is 4.57 Å². The zero-order valence-electron chi connectivity index (χ0n) is 28.0. The smallest absolute Gasteiger partial charge is 0.238 e. The van der Waals surface area contributed by atoms with E-state index in [4.69, 9.17) is 19.4 Å². The summed E-state index contributed by atoms with van der Waals surface area (Å²) in [4.78, 5) is 15.4. The average Bonchev–Trinajstić information content (AvgIpc) is 3.88. The normalized spacial score (nSPS) is 11.9. The van der Waals surface area contributed by atoms with E-state index >= 15 is 0 Å². The molecule has 0 amide bonds. The van der Waals surface area contributed by atoms with E-state index in [1.54, 1.807) is 0 Å². The van der Waals surface area contributed by atoms with E-state index in [1.807, 2.05) is 53.8 Å². The molecule has 11 rings (SSSR count). The Balaban J connectivity index is 1.22. The Morgan fingerprint density at radius 1 is 0.500 bits per heavy atom. The number of furan rings is 1. The third-order valence-electron chi connectivity index (χ3n) is 10.2. The van der Waals surface area contributed by atoms with Gasteiger partial charge in [0.05, 0.1) is 15.7 Å². The molecular formula is C46H28N4OS. The van der Waals surface area contributed by atoms with Crippen molar-refractivity contribution in [3.8, 4) is 39.9 Å². The standard InChI is InChI=1S/C46H28N4OS/c1-27-11-10-17-39-41(27)36-26-31(20-24-38(36)51-39)30-19-23-37-35(25-30)33-21-22-34-32-16-8-9-18-40(32)52-43(34)42(33)50(37)46-48-44(28-12-4-2-5-13-28)47-45(49-46)29-14-6-3-7-15-29/h2-26H,1H3. The fourth-order valence-electron chi connectivity index (χ4n) is 7.75. The summed E-state index contributed by atoms with van der Waals surface area (Å²) in [7, 11) is 0. The molecule has 6 heteroatoms. The summed E-state index contributed by atoms with van der Waals surface area (Å²) in [5.74, 6) is 1.86. The Labute approximate surface area is 302 Å². The first kappa shape index (κ1) is 29.1. The highest BCUT2D eigenvalue weighted by atomic mass is 32.1. The zero-order valence-corrected chi connectivity index (χ0v) is 28.9. The molecule has 4 heterocycles. The Bertz CT molecular complexity index is 3140. The maximum atomic E-state index is 6.23. The molecule has 52 heavy (non-hydrogen) atoms. The lowest BCUT2D eigenvalue weighted by Crippen LogP contribution is -2.06. The van der Waals surface area contributed by atoms with Crippen molar-refractivity contribution in [1.29, 1.82) is 0 Å². The van der Waals surface area contributed by atoms with Crippen LogP contribution < -0.4 is 0 Å². The molecule has 0 spiro atoms. The SMILES string of the molecule is Cc1cccc2oc3ccc(-c4ccc5c(c4)c4ccc6c7ccccc7sc6c4n5-c4nc(-c5ccccc5)nc(-c5ccccc5)n4)cc3c12. The Morgan fingerprint density at radius 2 is 1.17 bits per heavy atom. The fraction of sp³-hybridized carbons (Fsp3) is 0.0217. The second-order valence-electron chi connectivity index (χ2n) is 13.3. The number of benzene rings is 7. The van der Waals surface area contributed by atoms with Gasteiger partial charge < -0.3 is 4.42 Å². The van der Waals surface area contributed by atoms with Gasteiger partial charge in [-0.2, -0.15) is 9.97 Å². The van der Waals surface area contributed by atoms with Gasteiger partial charge in [0, 0.05) is 48.1 Å². The van der Waals surface area contributed by atoms with Gasteiger partial charge >= 0.3 is 0 Å². The van der Waals surface area contributed by atoms with Crippen LogP contribution in [0.1, 0.15) is 5.56 Å². The molecule has 0 unspecified atom stereocenters. The van der Waals surface area contributed by atoms with Crippen LogP contribution in [0.15, 0.2) is 156 Å². The van der Waals surface area contributed by atoms with Crippen molar-refractivity contribution in [3.05, 3.63) is 157 Å². The number of fused-ring (bicyclic) bond motifs is 10. The lowest BCUT2D eigenvalue weighted by atomic mass is 9.99. The molecule has 0 saturated carbocycles. The minimum atomic E-state index is 0.590. The number of thiophene rings is 1. The Morgan fingerprint density at radius 3 is 1.94 bits per heavy atom. The van der Waals surface area contributed by atoms with Crippen molar-refractivity contribution >= 4 is 75.3 Å². The molecule has 0 saturated heterocycles. The van der Waals surface area contributed by atoms with Crippen LogP contribution in [0.3, 0.4) is 0 Å².